The highest BCUT2D eigenvalue weighted by molar-refractivity contribution is 14.0. The van der Waals surface area contributed by atoms with Crippen molar-refractivity contribution in [2.75, 3.05) is 12.8 Å². The molecule has 27 heavy (non-hydrogen) atoms. The van der Waals surface area contributed by atoms with E-state index in [0.29, 0.717) is 13.1 Å². The maximum atomic E-state index is 11.3. The molecule has 5 nitrogen and oxygen atoms in total. The van der Waals surface area contributed by atoms with Gasteiger partial charge in [-0.05, 0) is 36.1 Å². The molecule has 0 bridgehead atoms. The van der Waals surface area contributed by atoms with Crippen LogP contribution in [0.25, 0.3) is 0 Å². The van der Waals surface area contributed by atoms with Gasteiger partial charge in [0.05, 0.1) is 12.3 Å². The summed E-state index contributed by atoms with van der Waals surface area (Å²) < 4.78 is 22.7. The Balaban J connectivity index is 0.00000364. The van der Waals surface area contributed by atoms with Gasteiger partial charge in [-0.1, -0.05) is 48.5 Å². The summed E-state index contributed by atoms with van der Waals surface area (Å²) in [5, 5.41) is 6.59. The van der Waals surface area contributed by atoms with E-state index in [1.165, 1.54) is 17.4 Å². The maximum absolute atomic E-state index is 11.3. The summed E-state index contributed by atoms with van der Waals surface area (Å²) in [4.78, 5) is 4.61. The molecule has 2 N–H and O–H groups in total. The minimum atomic E-state index is -3.01. The van der Waals surface area contributed by atoms with Crippen molar-refractivity contribution in [3.05, 3.63) is 70.8 Å². The minimum absolute atomic E-state index is 0. The summed E-state index contributed by atoms with van der Waals surface area (Å²) in [6, 6.07) is 15.8. The lowest BCUT2D eigenvalue weighted by Crippen LogP contribution is -2.36. The van der Waals surface area contributed by atoms with E-state index in [0.717, 1.165) is 23.6 Å². The Labute approximate surface area is 179 Å². The van der Waals surface area contributed by atoms with Gasteiger partial charge in [0.1, 0.15) is 0 Å². The number of guanidine groups is 1. The van der Waals surface area contributed by atoms with Gasteiger partial charge in [0.15, 0.2) is 15.8 Å². The number of nitrogens with zero attached hydrogens (tertiary/aromatic N) is 1. The number of hydrogen-bond donors (Lipinski definition) is 2. The van der Waals surface area contributed by atoms with Crippen LogP contribution < -0.4 is 10.6 Å². The number of sulfone groups is 1. The van der Waals surface area contributed by atoms with Crippen LogP contribution in [0.15, 0.2) is 53.5 Å². The zero-order chi connectivity index (χ0) is 19.0. The molecule has 0 fully saturated rings. The largest absolute Gasteiger partial charge is 0.357 e. The van der Waals surface area contributed by atoms with Gasteiger partial charge in [-0.2, -0.15) is 0 Å². The summed E-state index contributed by atoms with van der Waals surface area (Å²) in [6.45, 7) is 6.16. The van der Waals surface area contributed by atoms with Crippen LogP contribution in [0.1, 0.15) is 29.2 Å². The molecule has 2 rings (SSSR count). The summed E-state index contributed by atoms with van der Waals surface area (Å²) in [7, 11) is -3.01. The van der Waals surface area contributed by atoms with E-state index >= 15 is 0 Å². The fourth-order valence-corrected chi connectivity index (χ4v) is 3.34. The SMILES string of the molecule is CCNC(=NCc1ccc(CS(C)(=O)=O)cc1)NCc1ccccc1C.I. The Morgan fingerprint density at radius 2 is 1.63 bits per heavy atom. The van der Waals surface area contributed by atoms with Crippen molar-refractivity contribution >= 4 is 39.8 Å². The zero-order valence-corrected chi connectivity index (χ0v) is 19.2. The van der Waals surface area contributed by atoms with Crippen molar-refractivity contribution < 1.29 is 8.42 Å². The normalized spacial score (nSPS) is 11.6. The van der Waals surface area contributed by atoms with Crippen LogP contribution in [0.2, 0.25) is 0 Å². The first-order valence-electron chi connectivity index (χ1n) is 8.69. The highest BCUT2D eigenvalue weighted by Crippen LogP contribution is 2.09. The molecule has 148 valence electrons. The van der Waals surface area contributed by atoms with Gasteiger partial charge >= 0.3 is 0 Å². The molecule has 7 heteroatoms. The standard InChI is InChI=1S/C20H27N3O2S.HI/c1-4-21-20(23-14-19-8-6-5-7-16(19)2)22-13-17-9-11-18(12-10-17)15-26(3,24)25;/h5-12H,4,13-15H2,1-3H3,(H2,21,22,23);1H. The fourth-order valence-electron chi connectivity index (χ4n) is 2.54. The number of rotatable bonds is 7. The molecule has 0 atom stereocenters. The number of aliphatic imine (C=N–C) groups is 1. The number of nitrogens with one attached hydrogen (secondary N) is 2. The molecule has 0 amide bonds. The van der Waals surface area contributed by atoms with Crippen LogP contribution in [-0.4, -0.2) is 27.2 Å². The first-order chi connectivity index (χ1) is 12.4. The topological polar surface area (TPSA) is 70.6 Å². The summed E-state index contributed by atoms with van der Waals surface area (Å²) in [5.41, 5.74) is 4.32. The summed E-state index contributed by atoms with van der Waals surface area (Å²) in [5.74, 6) is 0.827. The number of benzene rings is 2. The van der Waals surface area contributed by atoms with Gasteiger partial charge in [-0.15, -0.1) is 24.0 Å². The third-order valence-electron chi connectivity index (χ3n) is 3.92. The second-order valence-corrected chi connectivity index (χ2v) is 8.50. The zero-order valence-electron chi connectivity index (χ0n) is 16.0. The smallest absolute Gasteiger partial charge is 0.191 e. The molecule has 0 aliphatic heterocycles. The molecule has 0 aliphatic rings. The first kappa shape index (κ1) is 23.4. The van der Waals surface area contributed by atoms with Crippen molar-refractivity contribution in [1.82, 2.24) is 10.6 Å². The Hall–Kier alpha value is -1.61. The molecule has 2 aromatic rings. The Morgan fingerprint density at radius 3 is 2.22 bits per heavy atom. The quantitative estimate of drug-likeness (QED) is 0.347. The van der Waals surface area contributed by atoms with Crippen molar-refractivity contribution in [2.24, 2.45) is 4.99 Å². The average Bonchev–Trinajstić information content (AvgIpc) is 2.58. The third kappa shape index (κ3) is 8.75. The second-order valence-electron chi connectivity index (χ2n) is 6.36. The Morgan fingerprint density at radius 1 is 1.00 bits per heavy atom. The Kier molecular flexibility index (Phi) is 9.79. The number of hydrogen-bond acceptors (Lipinski definition) is 3. The van der Waals surface area contributed by atoms with E-state index in [4.69, 9.17) is 0 Å². The third-order valence-corrected chi connectivity index (χ3v) is 4.78. The monoisotopic (exact) mass is 501 g/mol. The highest BCUT2D eigenvalue weighted by Gasteiger charge is 2.04. The lowest BCUT2D eigenvalue weighted by Gasteiger charge is -2.12. The van der Waals surface area contributed by atoms with Gasteiger partial charge in [0.25, 0.3) is 0 Å². The van der Waals surface area contributed by atoms with Gasteiger partial charge in [0.2, 0.25) is 0 Å². The van der Waals surface area contributed by atoms with Crippen molar-refractivity contribution in [3.63, 3.8) is 0 Å². The van der Waals surface area contributed by atoms with Crippen LogP contribution in [0, 0.1) is 6.92 Å². The van der Waals surface area contributed by atoms with E-state index in [-0.39, 0.29) is 29.7 Å². The van der Waals surface area contributed by atoms with Crippen LogP contribution in [-0.2, 0) is 28.7 Å². The van der Waals surface area contributed by atoms with Crippen LogP contribution in [0.5, 0.6) is 0 Å². The predicted octanol–water partition coefficient (Wildman–Crippen LogP) is 3.41. The van der Waals surface area contributed by atoms with Crippen LogP contribution in [0.3, 0.4) is 0 Å². The first-order valence-corrected chi connectivity index (χ1v) is 10.8. The lowest BCUT2D eigenvalue weighted by molar-refractivity contribution is 0.601. The summed E-state index contributed by atoms with van der Waals surface area (Å²) >= 11 is 0. The van der Waals surface area contributed by atoms with Crippen molar-refractivity contribution in [2.45, 2.75) is 32.7 Å². The highest BCUT2D eigenvalue weighted by atomic mass is 127. The van der Waals surface area contributed by atoms with E-state index in [2.05, 4.69) is 34.7 Å². The number of aryl methyl sites for hydroxylation is 1. The predicted molar refractivity (Wildman–Crippen MR) is 123 cm³/mol. The van der Waals surface area contributed by atoms with E-state index in [1.807, 2.05) is 43.3 Å². The fraction of sp³-hybridized carbons (Fsp3) is 0.350. The molecule has 0 saturated carbocycles. The molecule has 0 spiro atoms. The Bertz CT molecular complexity index is 850. The van der Waals surface area contributed by atoms with E-state index in [9.17, 15) is 8.42 Å². The van der Waals surface area contributed by atoms with Crippen molar-refractivity contribution in [3.8, 4) is 0 Å². The van der Waals surface area contributed by atoms with Gasteiger partial charge in [-0.25, -0.2) is 13.4 Å². The van der Waals surface area contributed by atoms with E-state index < -0.39 is 9.84 Å². The van der Waals surface area contributed by atoms with Crippen LogP contribution in [0.4, 0.5) is 0 Å². The second kappa shape index (κ2) is 11.3. The van der Waals surface area contributed by atoms with Crippen molar-refractivity contribution in [1.29, 1.82) is 0 Å². The molecule has 0 aromatic heterocycles. The molecular formula is C20H28IN3O2S. The maximum Gasteiger partial charge on any atom is 0.191 e. The lowest BCUT2D eigenvalue weighted by atomic mass is 10.1. The molecule has 2 aromatic carbocycles. The molecule has 0 radical (unpaired) electrons. The molecule has 0 aliphatic carbocycles. The van der Waals surface area contributed by atoms with Gasteiger partial charge < -0.3 is 10.6 Å². The summed E-state index contributed by atoms with van der Waals surface area (Å²) in [6.07, 6.45) is 1.24. The average molecular weight is 501 g/mol. The van der Waals surface area contributed by atoms with Crippen LogP contribution >= 0.6 is 24.0 Å². The number of halogens is 1. The molecule has 0 saturated heterocycles. The van der Waals surface area contributed by atoms with E-state index in [1.54, 1.807) is 0 Å². The minimum Gasteiger partial charge on any atom is -0.357 e. The molecule has 0 unspecified atom stereocenters. The van der Waals surface area contributed by atoms with Gasteiger partial charge in [-0.3, -0.25) is 0 Å². The molecule has 0 heterocycles. The van der Waals surface area contributed by atoms with Gasteiger partial charge in [0, 0.05) is 19.3 Å². The molecular weight excluding hydrogens is 473 g/mol.